The standard InChI is InChI=1S/C31H34F2N6O3S/c1-17(2)39-30-23(19-5-8-21(9-6-19)36-22-15-42-16-22)14-35-31(34)28(30)29(37-39)20-7-11-26(25(33)13-20)38-43(40,41)27-12-18(3)4-10-24(27)32/h4-5,7,10-14,17,21-22,36,38H,6,8-9,15-16H2,1-3H3,(H2,34,35)/t21-/m0/s1. The van der Waals surface area contributed by atoms with Crippen LogP contribution in [0.1, 0.15) is 50.3 Å². The largest absolute Gasteiger partial charge is 0.383 e. The van der Waals surface area contributed by atoms with Crippen LogP contribution in [-0.4, -0.2) is 48.5 Å². The summed E-state index contributed by atoms with van der Waals surface area (Å²) < 4.78 is 64.8. The molecule has 12 heteroatoms. The van der Waals surface area contributed by atoms with Gasteiger partial charge in [-0.25, -0.2) is 22.2 Å². The van der Waals surface area contributed by atoms with Crippen LogP contribution < -0.4 is 15.8 Å². The van der Waals surface area contributed by atoms with Gasteiger partial charge in [0.05, 0.1) is 35.8 Å². The molecule has 1 saturated heterocycles. The summed E-state index contributed by atoms with van der Waals surface area (Å²) in [5, 5.41) is 9.10. The number of aryl methyl sites for hydroxylation is 1. The smallest absolute Gasteiger partial charge is 0.264 e. The first kappa shape index (κ1) is 29.2. The summed E-state index contributed by atoms with van der Waals surface area (Å²) in [5.74, 6) is -1.50. The Morgan fingerprint density at radius 1 is 1.09 bits per heavy atom. The van der Waals surface area contributed by atoms with Gasteiger partial charge < -0.3 is 15.8 Å². The number of nitrogen functional groups attached to an aromatic ring is 1. The first-order valence-corrected chi connectivity index (χ1v) is 15.8. The zero-order chi connectivity index (χ0) is 30.5. The molecule has 2 aliphatic rings. The highest BCUT2D eigenvalue weighted by atomic mass is 32.2. The van der Waals surface area contributed by atoms with E-state index in [2.05, 4.69) is 21.1 Å². The summed E-state index contributed by atoms with van der Waals surface area (Å²) in [6.07, 6.45) is 6.74. The summed E-state index contributed by atoms with van der Waals surface area (Å²) in [5.41, 5.74) is 10.4. The van der Waals surface area contributed by atoms with Crippen LogP contribution in [0, 0.1) is 18.6 Å². The van der Waals surface area contributed by atoms with Crippen LogP contribution in [-0.2, 0) is 14.8 Å². The van der Waals surface area contributed by atoms with Crippen molar-refractivity contribution in [1.82, 2.24) is 20.1 Å². The lowest BCUT2D eigenvalue weighted by Gasteiger charge is -2.33. The minimum Gasteiger partial charge on any atom is -0.383 e. The van der Waals surface area contributed by atoms with Gasteiger partial charge in [-0.1, -0.05) is 18.2 Å². The van der Waals surface area contributed by atoms with Crippen LogP contribution in [0.2, 0.25) is 0 Å². The highest BCUT2D eigenvalue weighted by molar-refractivity contribution is 7.92. The van der Waals surface area contributed by atoms with Gasteiger partial charge in [0, 0.05) is 29.4 Å². The van der Waals surface area contributed by atoms with E-state index in [0.29, 0.717) is 34.3 Å². The third-order valence-electron chi connectivity index (χ3n) is 7.97. The number of sulfonamides is 1. The summed E-state index contributed by atoms with van der Waals surface area (Å²) >= 11 is 0. The fourth-order valence-corrected chi connectivity index (χ4v) is 6.89. The van der Waals surface area contributed by atoms with Crippen molar-refractivity contribution in [2.24, 2.45) is 0 Å². The highest BCUT2D eigenvalue weighted by Crippen LogP contribution is 2.40. The lowest BCUT2D eigenvalue weighted by atomic mass is 9.89. The monoisotopic (exact) mass is 608 g/mol. The number of aromatic nitrogens is 3. The Morgan fingerprint density at radius 3 is 2.53 bits per heavy atom. The number of rotatable bonds is 8. The zero-order valence-corrected chi connectivity index (χ0v) is 25.0. The van der Waals surface area contributed by atoms with Crippen LogP contribution in [0.4, 0.5) is 20.3 Å². The van der Waals surface area contributed by atoms with Crippen LogP contribution in [0.15, 0.2) is 53.6 Å². The van der Waals surface area contributed by atoms with E-state index in [1.807, 2.05) is 18.5 Å². The van der Waals surface area contributed by atoms with Gasteiger partial charge in [0.15, 0.2) is 0 Å². The number of nitrogens with two attached hydrogens (primary N) is 1. The molecule has 1 fully saturated rings. The number of hydrogen-bond donors (Lipinski definition) is 3. The predicted molar refractivity (Wildman–Crippen MR) is 163 cm³/mol. The second kappa shape index (κ2) is 11.3. The number of anilines is 2. The van der Waals surface area contributed by atoms with Crippen molar-refractivity contribution in [3.8, 4) is 11.3 Å². The van der Waals surface area contributed by atoms with E-state index >= 15 is 4.39 Å². The van der Waals surface area contributed by atoms with E-state index in [4.69, 9.17) is 15.6 Å². The summed E-state index contributed by atoms with van der Waals surface area (Å²) in [7, 11) is -4.37. The van der Waals surface area contributed by atoms with Gasteiger partial charge in [-0.3, -0.25) is 9.40 Å². The molecule has 0 bridgehead atoms. The highest BCUT2D eigenvalue weighted by Gasteiger charge is 2.27. The fourth-order valence-electron chi connectivity index (χ4n) is 5.66. The Labute approximate surface area is 249 Å². The first-order chi connectivity index (χ1) is 20.5. The average Bonchev–Trinajstić information content (AvgIpc) is 3.36. The van der Waals surface area contributed by atoms with E-state index in [1.165, 1.54) is 24.3 Å². The van der Waals surface area contributed by atoms with Gasteiger partial charge in [0.25, 0.3) is 10.0 Å². The maximum atomic E-state index is 15.4. The Balaban J connectivity index is 1.36. The zero-order valence-electron chi connectivity index (χ0n) is 24.2. The van der Waals surface area contributed by atoms with Crippen molar-refractivity contribution in [2.75, 3.05) is 23.7 Å². The van der Waals surface area contributed by atoms with Gasteiger partial charge in [-0.2, -0.15) is 5.10 Å². The second-order valence-corrected chi connectivity index (χ2v) is 13.2. The summed E-state index contributed by atoms with van der Waals surface area (Å²) in [6, 6.07) is 8.56. The van der Waals surface area contributed by atoms with Crippen molar-refractivity contribution >= 4 is 38.0 Å². The molecular formula is C31H34F2N6O3S. The Hall–Kier alpha value is -3.87. The van der Waals surface area contributed by atoms with Gasteiger partial charge in [-0.15, -0.1) is 0 Å². The molecule has 1 aliphatic heterocycles. The number of halogens is 2. The molecule has 0 amide bonds. The van der Waals surface area contributed by atoms with Crippen molar-refractivity contribution < 1.29 is 21.9 Å². The van der Waals surface area contributed by atoms with E-state index in [1.54, 1.807) is 19.2 Å². The molecule has 6 rings (SSSR count). The molecule has 9 nitrogen and oxygen atoms in total. The van der Waals surface area contributed by atoms with Crippen LogP contribution in [0.3, 0.4) is 0 Å². The normalized spacial score (nSPS) is 17.7. The van der Waals surface area contributed by atoms with E-state index in [-0.39, 0.29) is 17.5 Å². The van der Waals surface area contributed by atoms with E-state index in [9.17, 15) is 12.8 Å². The number of allylic oxidation sites excluding steroid dienone is 1. The molecule has 1 atom stereocenters. The van der Waals surface area contributed by atoms with E-state index < -0.39 is 26.6 Å². The number of nitrogens with one attached hydrogen (secondary N) is 2. The van der Waals surface area contributed by atoms with Crippen LogP contribution in [0.5, 0.6) is 0 Å². The van der Waals surface area contributed by atoms with Crippen molar-refractivity contribution in [3.05, 3.63) is 71.4 Å². The molecule has 1 aliphatic carbocycles. The Bertz CT molecular complexity index is 1850. The predicted octanol–water partition coefficient (Wildman–Crippen LogP) is 5.57. The molecule has 2 aromatic carbocycles. The molecule has 3 heterocycles. The number of hydrogen-bond acceptors (Lipinski definition) is 7. The Morgan fingerprint density at radius 2 is 1.88 bits per heavy atom. The first-order valence-electron chi connectivity index (χ1n) is 14.3. The minimum atomic E-state index is -4.37. The quantitative estimate of drug-likeness (QED) is 0.239. The fraction of sp³-hybridized carbons (Fsp3) is 0.355. The maximum absolute atomic E-state index is 15.4. The molecule has 4 N–H and O–H groups in total. The minimum absolute atomic E-state index is 0.0332. The molecule has 43 heavy (non-hydrogen) atoms. The third-order valence-corrected chi connectivity index (χ3v) is 9.35. The molecule has 226 valence electrons. The summed E-state index contributed by atoms with van der Waals surface area (Å²) in [4.78, 5) is 3.94. The molecule has 0 saturated carbocycles. The van der Waals surface area contributed by atoms with E-state index in [0.717, 1.165) is 55.2 Å². The number of benzene rings is 2. The molecule has 0 spiro atoms. The van der Waals surface area contributed by atoms with Gasteiger partial charge in [0.1, 0.15) is 28.0 Å². The molecular weight excluding hydrogens is 574 g/mol. The van der Waals surface area contributed by atoms with Crippen LogP contribution >= 0.6 is 0 Å². The Kier molecular flexibility index (Phi) is 7.69. The van der Waals surface area contributed by atoms with Crippen molar-refractivity contribution in [2.45, 2.75) is 63.1 Å². The van der Waals surface area contributed by atoms with Gasteiger partial charge >= 0.3 is 0 Å². The van der Waals surface area contributed by atoms with Crippen molar-refractivity contribution in [1.29, 1.82) is 0 Å². The molecule has 0 radical (unpaired) electrons. The molecule has 0 unspecified atom stereocenters. The number of ether oxygens (including phenoxy) is 1. The number of fused-ring (bicyclic) bond motifs is 1. The molecule has 2 aromatic heterocycles. The second-order valence-electron chi connectivity index (χ2n) is 11.5. The van der Waals surface area contributed by atoms with Crippen LogP contribution in [0.25, 0.3) is 27.7 Å². The topological polar surface area (TPSA) is 124 Å². The molecule has 4 aromatic rings. The van der Waals surface area contributed by atoms with Gasteiger partial charge in [0.2, 0.25) is 0 Å². The maximum Gasteiger partial charge on any atom is 0.264 e. The van der Waals surface area contributed by atoms with Crippen molar-refractivity contribution in [3.63, 3.8) is 0 Å². The summed E-state index contributed by atoms with van der Waals surface area (Å²) in [6.45, 7) is 7.17. The SMILES string of the molecule is Cc1ccc(F)c(S(=O)(=O)Nc2ccc(-c3nn(C(C)C)c4c(C5=CC[C@H](NC6COC6)CC5)cnc(N)c34)cc2F)c1. The number of pyridine rings is 1. The lowest BCUT2D eigenvalue weighted by molar-refractivity contribution is -0.0103. The average molecular weight is 609 g/mol. The third kappa shape index (κ3) is 5.62. The number of nitrogens with zero attached hydrogens (tertiary/aromatic N) is 3. The van der Waals surface area contributed by atoms with Gasteiger partial charge in [-0.05, 0) is 75.4 Å². The lowest BCUT2D eigenvalue weighted by Crippen LogP contribution is -2.50.